The van der Waals surface area contributed by atoms with Crippen LogP contribution in [-0.4, -0.2) is 15.5 Å². The highest BCUT2D eigenvalue weighted by molar-refractivity contribution is 5.91. The van der Waals surface area contributed by atoms with E-state index in [1.165, 1.54) is 11.3 Å². The molecular formula is C17H21N3O. The zero-order valence-electron chi connectivity index (χ0n) is 12.8. The molecule has 0 spiro atoms. The molecule has 0 unspecified atom stereocenters. The minimum atomic E-state index is -0.139. The molecule has 0 bridgehead atoms. The van der Waals surface area contributed by atoms with Crippen molar-refractivity contribution in [1.82, 2.24) is 14.9 Å². The maximum absolute atomic E-state index is 11.6. The van der Waals surface area contributed by atoms with Crippen molar-refractivity contribution < 1.29 is 4.79 Å². The van der Waals surface area contributed by atoms with Gasteiger partial charge < -0.3 is 9.88 Å². The normalized spacial score (nSPS) is 10.4. The van der Waals surface area contributed by atoms with E-state index in [9.17, 15) is 4.79 Å². The molecule has 1 aromatic heterocycles. The van der Waals surface area contributed by atoms with Crippen molar-refractivity contribution in [2.75, 3.05) is 0 Å². The summed E-state index contributed by atoms with van der Waals surface area (Å²) in [6, 6.07) is 10.3. The Kier molecular flexibility index (Phi) is 4.58. The van der Waals surface area contributed by atoms with E-state index in [2.05, 4.69) is 33.6 Å². The molecule has 1 heterocycles. The Balaban J connectivity index is 2.14. The molecule has 4 nitrogen and oxygen atoms in total. The van der Waals surface area contributed by atoms with Gasteiger partial charge >= 0.3 is 0 Å². The molecule has 4 heteroatoms. The molecule has 0 aliphatic carbocycles. The van der Waals surface area contributed by atoms with E-state index in [-0.39, 0.29) is 5.91 Å². The van der Waals surface area contributed by atoms with E-state index in [1.807, 2.05) is 32.2 Å². The maximum atomic E-state index is 11.6. The summed E-state index contributed by atoms with van der Waals surface area (Å²) < 4.78 is 2.06. The standard InChI is InChI=1S/C17H21N3O/c1-12(2)17(21)18-11-16-19-13(3)15(20(16)4)10-14-8-6-5-7-9-14/h5-9H,1,10-11H2,2-4H3,(H,18,21). The van der Waals surface area contributed by atoms with E-state index in [4.69, 9.17) is 0 Å². The largest absolute Gasteiger partial charge is 0.345 e. The van der Waals surface area contributed by atoms with Crippen molar-refractivity contribution >= 4 is 5.91 Å². The van der Waals surface area contributed by atoms with Crippen LogP contribution in [0.25, 0.3) is 0 Å². The molecule has 110 valence electrons. The lowest BCUT2D eigenvalue weighted by atomic mass is 10.1. The van der Waals surface area contributed by atoms with Gasteiger partial charge in [0.15, 0.2) is 0 Å². The third kappa shape index (κ3) is 3.60. The minimum Gasteiger partial charge on any atom is -0.345 e. The van der Waals surface area contributed by atoms with Crippen molar-refractivity contribution in [3.05, 3.63) is 65.3 Å². The van der Waals surface area contributed by atoms with Gasteiger partial charge in [0.05, 0.1) is 12.2 Å². The SMILES string of the molecule is C=C(C)C(=O)NCc1nc(C)c(Cc2ccccc2)n1C. The van der Waals surface area contributed by atoms with Gasteiger partial charge in [0, 0.05) is 24.7 Å². The fraction of sp³-hybridized carbons (Fsp3) is 0.294. The number of hydrogen-bond acceptors (Lipinski definition) is 2. The Morgan fingerprint density at radius 2 is 2.00 bits per heavy atom. The van der Waals surface area contributed by atoms with Crippen LogP contribution in [0.5, 0.6) is 0 Å². The number of rotatable bonds is 5. The van der Waals surface area contributed by atoms with Gasteiger partial charge in [0.1, 0.15) is 5.82 Å². The Morgan fingerprint density at radius 3 is 2.62 bits per heavy atom. The molecule has 2 aromatic rings. The Hall–Kier alpha value is -2.36. The smallest absolute Gasteiger partial charge is 0.246 e. The first-order valence-corrected chi connectivity index (χ1v) is 6.97. The minimum absolute atomic E-state index is 0.139. The number of aromatic nitrogens is 2. The average Bonchev–Trinajstić information content (AvgIpc) is 2.73. The number of nitrogens with zero attached hydrogens (tertiary/aromatic N) is 2. The summed E-state index contributed by atoms with van der Waals surface area (Å²) in [7, 11) is 1.99. The van der Waals surface area contributed by atoms with Crippen LogP contribution >= 0.6 is 0 Å². The summed E-state index contributed by atoms with van der Waals surface area (Å²) in [6.07, 6.45) is 0.838. The third-order valence-corrected chi connectivity index (χ3v) is 3.52. The second-order valence-electron chi connectivity index (χ2n) is 5.24. The lowest BCUT2D eigenvalue weighted by molar-refractivity contribution is -0.117. The van der Waals surface area contributed by atoms with Crippen molar-refractivity contribution in [3.8, 4) is 0 Å². The van der Waals surface area contributed by atoms with Gasteiger partial charge in [-0.25, -0.2) is 4.98 Å². The van der Waals surface area contributed by atoms with Gasteiger partial charge in [0.25, 0.3) is 0 Å². The topological polar surface area (TPSA) is 46.9 Å². The van der Waals surface area contributed by atoms with Crippen LogP contribution in [0.4, 0.5) is 0 Å². The van der Waals surface area contributed by atoms with Gasteiger partial charge in [0.2, 0.25) is 5.91 Å². The van der Waals surface area contributed by atoms with E-state index < -0.39 is 0 Å². The first kappa shape index (κ1) is 15.0. The zero-order chi connectivity index (χ0) is 15.4. The van der Waals surface area contributed by atoms with Crippen LogP contribution in [0.15, 0.2) is 42.5 Å². The summed E-state index contributed by atoms with van der Waals surface area (Å²) in [6.45, 7) is 7.74. The summed E-state index contributed by atoms with van der Waals surface area (Å²) in [4.78, 5) is 16.1. The van der Waals surface area contributed by atoms with Crippen LogP contribution in [0, 0.1) is 6.92 Å². The van der Waals surface area contributed by atoms with Gasteiger partial charge in [-0.05, 0) is 19.4 Å². The fourth-order valence-corrected chi connectivity index (χ4v) is 2.24. The van der Waals surface area contributed by atoms with Gasteiger partial charge in [-0.15, -0.1) is 0 Å². The number of nitrogens with one attached hydrogen (secondary N) is 1. The molecule has 0 aliphatic rings. The second-order valence-corrected chi connectivity index (χ2v) is 5.24. The number of aryl methyl sites for hydroxylation is 1. The van der Waals surface area contributed by atoms with Gasteiger partial charge in [-0.3, -0.25) is 4.79 Å². The second kappa shape index (κ2) is 6.39. The van der Waals surface area contributed by atoms with Crippen molar-refractivity contribution in [3.63, 3.8) is 0 Å². The summed E-state index contributed by atoms with van der Waals surface area (Å²) >= 11 is 0. The van der Waals surface area contributed by atoms with Gasteiger partial charge in [-0.1, -0.05) is 36.9 Å². The van der Waals surface area contributed by atoms with Crippen molar-refractivity contribution in [1.29, 1.82) is 0 Å². The summed E-state index contributed by atoms with van der Waals surface area (Å²) in [5, 5.41) is 2.82. The first-order chi connectivity index (χ1) is 9.99. The lowest BCUT2D eigenvalue weighted by Gasteiger charge is -2.08. The molecule has 0 saturated heterocycles. The molecule has 2 rings (SSSR count). The highest BCUT2D eigenvalue weighted by Gasteiger charge is 2.12. The molecular weight excluding hydrogens is 262 g/mol. The van der Waals surface area contributed by atoms with Crippen LogP contribution < -0.4 is 5.32 Å². The monoisotopic (exact) mass is 283 g/mol. The van der Waals surface area contributed by atoms with Crippen molar-refractivity contribution in [2.45, 2.75) is 26.8 Å². The van der Waals surface area contributed by atoms with E-state index in [1.54, 1.807) is 6.92 Å². The van der Waals surface area contributed by atoms with Crippen LogP contribution in [0.2, 0.25) is 0 Å². The number of amides is 1. The third-order valence-electron chi connectivity index (χ3n) is 3.52. The van der Waals surface area contributed by atoms with Crippen LogP contribution in [0.1, 0.15) is 29.7 Å². The number of carbonyl (C=O) groups is 1. The molecule has 0 radical (unpaired) electrons. The molecule has 0 fully saturated rings. The van der Waals surface area contributed by atoms with Crippen LogP contribution in [-0.2, 0) is 24.8 Å². The summed E-state index contributed by atoms with van der Waals surface area (Å²) in [5.41, 5.74) is 3.92. The molecule has 21 heavy (non-hydrogen) atoms. The van der Waals surface area contributed by atoms with E-state index in [0.29, 0.717) is 12.1 Å². The van der Waals surface area contributed by atoms with Gasteiger partial charge in [-0.2, -0.15) is 0 Å². The van der Waals surface area contributed by atoms with E-state index in [0.717, 1.165) is 17.9 Å². The zero-order valence-corrected chi connectivity index (χ0v) is 12.8. The molecule has 0 aliphatic heterocycles. The van der Waals surface area contributed by atoms with Crippen molar-refractivity contribution in [2.24, 2.45) is 7.05 Å². The molecule has 0 atom stereocenters. The fourth-order valence-electron chi connectivity index (χ4n) is 2.24. The lowest BCUT2D eigenvalue weighted by Crippen LogP contribution is -2.24. The predicted molar refractivity (Wildman–Crippen MR) is 83.9 cm³/mol. The Labute approximate surface area is 125 Å². The molecule has 1 N–H and O–H groups in total. The van der Waals surface area contributed by atoms with Crippen LogP contribution in [0.3, 0.4) is 0 Å². The first-order valence-electron chi connectivity index (χ1n) is 6.97. The predicted octanol–water partition coefficient (Wildman–Crippen LogP) is 2.51. The highest BCUT2D eigenvalue weighted by Crippen LogP contribution is 2.15. The Bertz CT molecular complexity index is 656. The number of carbonyl (C=O) groups excluding carboxylic acids is 1. The number of benzene rings is 1. The quantitative estimate of drug-likeness (QED) is 0.857. The molecule has 1 amide bonds. The Morgan fingerprint density at radius 1 is 1.33 bits per heavy atom. The van der Waals surface area contributed by atoms with E-state index >= 15 is 0 Å². The average molecular weight is 283 g/mol. The number of imidazole rings is 1. The highest BCUT2D eigenvalue weighted by atomic mass is 16.1. The molecule has 1 aromatic carbocycles. The number of hydrogen-bond donors (Lipinski definition) is 1. The maximum Gasteiger partial charge on any atom is 0.246 e. The summed E-state index contributed by atoms with van der Waals surface area (Å²) in [5.74, 6) is 0.716. The molecule has 0 saturated carbocycles.